The minimum Gasteiger partial charge on any atom is -0.481 e. The van der Waals surface area contributed by atoms with Crippen LogP contribution in [0.3, 0.4) is 0 Å². The van der Waals surface area contributed by atoms with Gasteiger partial charge in [-0.25, -0.2) is 4.98 Å². The summed E-state index contributed by atoms with van der Waals surface area (Å²) < 4.78 is 4.97. The number of hydrogen-bond donors (Lipinski definition) is 2. The number of hydrogen-bond acceptors (Lipinski definition) is 5. The lowest BCUT2D eigenvalue weighted by Crippen LogP contribution is -2.21. The molecule has 0 fully saturated rings. The van der Waals surface area contributed by atoms with E-state index in [-0.39, 0.29) is 5.91 Å². The maximum absolute atomic E-state index is 11.9. The lowest BCUT2D eigenvalue weighted by atomic mass is 10.3. The number of pyridine rings is 1. The third-order valence-electron chi connectivity index (χ3n) is 2.64. The summed E-state index contributed by atoms with van der Waals surface area (Å²) in [5.74, 6) is 0.428. The summed E-state index contributed by atoms with van der Waals surface area (Å²) in [7, 11) is 1.56. The van der Waals surface area contributed by atoms with Crippen molar-refractivity contribution < 1.29 is 9.53 Å². The number of anilines is 1. The molecule has 2 aromatic rings. The van der Waals surface area contributed by atoms with Crippen LogP contribution in [0.2, 0.25) is 0 Å². The third-order valence-corrected chi connectivity index (χ3v) is 3.70. The molecule has 0 aliphatic heterocycles. The van der Waals surface area contributed by atoms with Crippen LogP contribution in [-0.2, 0) is 6.54 Å². The number of nitrogens with one attached hydrogen (secondary N) is 1. The first-order valence-corrected chi connectivity index (χ1v) is 6.55. The Morgan fingerprint density at radius 3 is 2.84 bits per heavy atom. The molecule has 100 valence electrons. The Bertz CT molecular complexity index is 559. The second-order valence-corrected chi connectivity index (χ2v) is 5.27. The number of thiophene rings is 1. The molecule has 0 radical (unpaired) electrons. The topological polar surface area (TPSA) is 77.2 Å². The average Bonchev–Trinajstić information content (AvgIpc) is 2.77. The van der Waals surface area contributed by atoms with E-state index in [0.29, 0.717) is 23.0 Å². The van der Waals surface area contributed by atoms with Crippen LogP contribution in [-0.4, -0.2) is 18.0 Å². The smallest absolute Gasteiger partial charge is 0.261 e. The van der Waals surface area contributed by atoms with Crippen LogP contribution in [0.25, 0.3) is 0 Å². The van der Waals surface area contributed by atoms with E-state index in [2.05, 4.69) is 10.3 Å². The van der Waals surface area contributed by atoms with Crippen LogP contribution in [0, 0.1) is 6.92 Å². The predicted molar refractivity (Wildman–Crippen MR) is 75.4 cm³/mol. The molecular weight excluding hydrogens is 262 g/mol. The van der Waals surface area contributed by atoms with Gasteiger partial charge < -0.3 is 15.8 Å². The van der Waals surface area contributed by atoms with Gasteiger partial charge in [0, 0.05) is 29.4 Å². The minimum absolute atomic E-state index is 0.124. The summed E-state index contributed by atoms with van der Waals surface area (Å²) in [5.41, 5.74) is 7.29. The number of nitrogen functional groups attached to an aromatic ring is 1. The third kappa shape index (κ3) is 3.23. The SMILES string of the molecule is COc1ccc(CNC(=O)c2cc(N)c(C)s2)cn1. The molecule has 2 aromatic heterocycles. The number of aromatic nitrogens is 1. The summed E-state index contributed by atoms with van der Waals surface area (Å²) >= 11 is 1.39. The Balaban J connectivity index is 1.96. The average molecular weight is 277 g/mol. The van der Waals surface area contributed by atoms with Crippen molar-refractivity contribution >= 4 is 22.9 Å². The number of nitrogens with two attached hydrogens (primary N) is 1. The van der Waals surface area contributed by atoms with Gasteiger partial charge in [0.25, 0.3) is 5.91 Å². The molecule has 0 aromatic carbocycles. The molecule has 0 aliphatic carbocycles. The molecule has 1 amide bonds. The zero-order valence-electron chi connectivity index (χ0n) is 10.8. The summed E-state index contributed by atoms with van der Waals surface area (Å²) in [6.45, 7) is 2.32. The van der Waals surface area contributed by atoms with Crippen molar-refractivity contribution in [3.63, 3.8) is 0 Å². The molecule has 2 heterocycles. The van der Waals surface area contributed by atoms with Gasteiger partial charge in [-0.2, -0.15) is 0 Å². The van der Waals surface area contributed by atoms with Crippen molar-refractivity contribution in [1.82, 2.24) is 10.3 Å². The molecule has 0 bridgehead atoms. The Hall–Kier alpha value is -2.08. The Morgan fingerprint density at radius 2 is 2.32 bits per heavy atom. The van der Waals surface area contributed by atoms with Gasteiger partial charge in [-0.1, -0.05) is 6.07 Å². The van der Waals surface area contributed by atoms with Gasteiger partial charge in [-0.15, -0.1) is 11.3 Å². The maximum atomic E-state index is 11.9. The highest BCUT2D eigenvalue weighted by atomic mass is 32.1. The van der Waals surface area contributed by atoms with Crippen molar-refractivity contribution in [2.24, 2.45) is 0 Å². The quantitative estimate of drug-likeness (QED) is 0.895. The first-order valence-electron chi connectivity index (χ1n) is 5.73. The van der Waals surface area contributed by atoms with Crippen LogP contribution in [0.1, 0.15) is 20.1 Å². The van der Waals surface area contributed by atoms with Crippen molar-refractivity contribution in [2.45, 2.75) is 13.5 Å². The lowest BCUT2D eigenvalue weighted by Gasteiger charge is -2.04. The number of nitrogens with zero attached hydrogens (tertiary/aromatic N) is 1. The molecule has 0 atom stereocenters. The zero-order chi connectivity index (χ0) is 13.8. The fraction of sp³-hybridized carbons (Fsp3) is 0.231. The summed E-state index contributed by atoms with van der Waals surface area (Å²) in [4.78, 5) is 17.6. The first kappa shape index (κ1) is 13.4. The molecule has 0 aliphatic rings. The first-order chi connectivity index (χ1) is 9.10. The van der Waals surface area contributed by atoms with E-state index in [1.54, 1.807) is 25.4 Å². The predicted octanol–water partition coefficient (Wildman–Crippen LogP) is 1.97. The molecular formula is C13H15N3O2S. The highest BCUT2D eigenvalue weighted by Crippen LogP contribution is 2.23. The van der Waals surface area contributed by atoms with Crippen LogP contribution in [0.5, 0.6) is 5.88 Å². The monoisotopic (exact) mass is 277 g/mol. The van der Waals surface area contributed by atoms with Gasteiger partial charge in [-0.05, 0) is 18.6 Å². The molecule has 0 spiro atoms. The summed E-state index contributed by atoms with van der Waals surface area (Å²) in [6, 6.07) is 5.32. The van der Waals surface area contributed by atoms with Gasteiger partial charge in [0.2, 0.25) is 5.88 Å². The summed E-state index contributed by atoms with van der Waals surface area (Å²) in [6.07, 6.45) is 1.67. The number of carbonyl (C=O) groups excluding carboxylic acids is 1. The highest BCUT2D eigenvalue weighted by molar-refractivity contribution is 7.14. The fourth-order valence-corrected chi connectivity index (χ4v) is 2.37. The van der Waals surface area contributed by atoms with E-state index < -0.39 is 0 Å². The molecule has 0 unspecified atom stereocenters. The second-order valence-electron chi connectivity index (χ2n) is 4.01. The molecule has 2 rings (SSSR count). The number of amides is 1. The standard InChI is InChI=1S/C13H15N3O2S/c1-8-10(14)5-11(19-8)13(17)16-7-9-3-4-12(18-2)15-6-9/h3-6H,7,14H2,1-2H3,(H,16,17). The molecule has 19 heavy (non-hydrogen) atoms. The molecule has 0 saturated heterocycles. The van der Waals surface area contributed by atoms with E-state index in [1.807, 2.05) is 13.0 Å². The Labute approximate surface area is 115 Å². The van der Waals surface area contributed by atoms with Crippen molar-refractivity contribution in [3.05, 3.63) is 39.7 Å². The minimum atomic E-state index is -0.124. The number of carbonyl (C=O) groups is 1. The van der Waals surface area contributed by atoms with Gasteiger partial charge in [0.1, 0.15) is 0 Å². The summed E-state index contributed by atoms with van der Waals surface area (Å²) in [5, 5.41) is 2.83. The van der Waals surface area contributed by atoms with Crippen molar-refractivity contribution in [1.29, 1.82) is 0 Å². The van der Waals surface area contributed by atoms with Crippen LogP contribution in [0.15, 0.2) is 24.4 Å². The highest BCUT2D eigenvalue weighted by Gasteiger charge is 2.10. The molecule has 5 nitrogen and oxygen atoms in total. The maximum Gasteiger partial charge on any atom is 0.261 e. The van der Waals surface area contributed by atoms with Crippen molar-refractivity contribution in [2.75, 3.05) is 12.8 Å². The van der Waals surface area contributed by atoms with Crippen LogP contribution >= 0.6 is 11.3 Å². The van der Waals surface area contributed by atoms with Crippen LogP contribution < -0.4 is 15.8 Å². The molecule has 3 N–H and O–H groups in total. The number of methoxy groups -OCH3 is 1. The number of aryl methyl sites for hydroxylation is 1. The van der Waals surface area contributed by atoms with E-state index >= 15 is 0 Å². The van der Waals surface area contributed by atoms with Gasteiger partial charge >= 0.3 is 0 Å². The van der Waals surface area contributed by atoms with E-state index in [1.165, 1.54) is 11.3 Å². The largest absolute Gasteiger partial charge is 0.481 e. The Kier molecular flexibility index (Phi) is 4.01. The Morgan fingerprint density at radius 1 is 1.53 bits per heavy atom. The van der Waals surface area contributed by atoms with Gasteiger partial charge in [0.05, 0.1) is 12.0 Å². The zero-order valence-corrected chi connectivity index (χ0v) is 11.6. The van der Waals surface area contributed by atoms with E-state index in [0.717, 1.165) is 10.4 Å². The fourth-order valence-electron chi connectivity index (χ4n) is 1.51. The normalized spacial score (nSPS) is 10.2. The molecule has 6 heteroatoms. The second kappa shape index (κ2) is 5.71. The van der Waals surface area contributed by atoms with Gasteiger partial charge in [0.15, 0.2) is 0 Å². The van der Waals surface area contributed by atoms with E-state index in [4.69, 9.17) is 10.5 Å². The molecule has 0 saturated carbocycles. The van der Waals surface area contributed by atoms with Crippen LogP contribution in [0.4, 0.5) is 5.69 Å². The van der Waals surface area contributed by atoms with Gasteiger partial charge in [-0.3, -0.25) is 4.79 Å². The number of ether oxygens (including phenoxy) is 1. The number of rotatable bonds is 4. The van der Waals surface area contributed by atoms with Crippen molar-refractivity contribution in [3.8, 4) is 5.88 Å². The lowest BCUT2D eigenvalue weighted by molar-refractivity contribution is 0.0955. The van der Waals surface area contributed by atoms with E-state index in [9.17, 15) is 4.79 Å².